The molecule has 0 saturated carbocycles. The molecule has 2 rings (SSSR count). The van der Waals surface area contributed by atoms with E-state index < -0.39 is 0 Å². The minimum atomic E-state index is 0.267. The molecule has 1 aliphatic heterocycles. The zero-order valence-corrected chi connectivity index (χ0v) is 14.2. The number of carbonyl (C=O) groups is 2. The minimum absolute atomic E-state index is 0.267. The Morgan fingerprint density at radius 3 is 2.22 bits per heavy atom. The topological polar surface area (TPSA) is 99.3 Å². The summed E-state index contributed by atoms with van der Waals surface area (Å²) in [7, 11) is 0. The van der Waals surface area contributed by atoms with Gasteiger partial charge in [-0.1, -0.05) is 32.0 Å². The van der Waals surface area contributed by atoms with Gasteiger partial charge >= 0.3 is 0 Å². The molecule has 0 spiro atoms. The molecule has 4 N–H and O–H groups in total. The summed E-state index contributed by atoms with van der Waals surface area (Å²) in [5, 5.41) is 10.0. The first kappa shape index (κ1) is 20.6. The predicted molar refractivity (Wildman–Crippen MR) is 94.6 cm³/mol. The van der Waals surface area contributed by atoms with Crippen molar-refractivity contribution in [1.82, 2.24) is 10.2 Å². The van der Waals surface area contributed by atoms with E-state index in [1.54, 1.807) is 17.9 Å². The molecule has 1 heterocycles. The van der Waals surface area contributed by atoms with Gasteiger partial charge in [-0.05, 0) is 25.8 Å². The van der Waals surface area contributed by atoms with Crippen LogP contribution >= 0.6 is 0 Å². The molecule has 128 valence electrons. The summed E-state index contributed by atoms with van der Waals surface area (Å²) in [5.74, 6) is 0. The lowest BCUT2D eigenvalue weighted by molar-refractivity contribution is -0.119. The van der Waals surface area contributed by atoms with Gasteiger partial charge in [-0.3, -0.25) is 9.59 Å². The first-order valence-electron chi connectivity index (χ1n) is 7.87. The molecule has 0 aliphatic carbocycles. The monoisotopic (exact) mass is 320 g/mol. The zero-order valence-electron chi connectivity index (χ0n) is 14.2. The second-order valence-electron chi connectivity index (χ2n) is 4.91. The number of benzene rings is 1. The van der Waals surface area contributed by atoms with Crippen LogP contribution < -0.4 is 11.1 Å². The molecule has 23 heavy (non-hydrogen) atoms. The predicted octanol–water partition coefficient (Wildman–Crippen LogP) is 2.04. The van der Waals surface area contributed by atoms with Gasteiger partial charge in [-0.15, -0.1) is 0 Å². The lowest BCUT2D eigenvalue weighted by Crippen LogP contribution is -2.41. The quantitative estimate of drug-likeness (QED) is 0.449. The van der Waals surface area contributed by atoms with E-state index in [-0.39, 0.29) is 6.04 Å². The molecule has 0 bridgehead atoms. The number of nitrogens with two attached hydrogens (primary N) is 1. The molecule has 1 fully saturated rings. The fourth-order valence-corrected chi connectivity index (χ4v) is 2.11. The Hall–Kier alpha value is -2.37. The Labute approximate surface area is 138 Å². The third-order valence-corrected chi connectivity index (χ3v) is 3.35. The van der Waals surface area contributed by atoms with Crippen LogP contribution in [0, 0.1) is 5.41 Å². The molecule has 6 heteroatoms. The molecular weight excluding hydrogens is 292 g/mol. The summed E-state index contributed by atoms with van der Waals surface area (Å²) >= 11 is 0. The van der Waals surface area contributed by atoms with E-state index in [2.05, 4.69) is 5.32 Å². The van der Waals surface area contributed by atoms with Crippen LogP contribution in [-0.4, -0.2) is 42.6 Å². The zero-order chi connectivity index (χ0) is 17.7. The molecule has 0 aromatic heterocycles. The maximum Gasteiger partial charge on any atom is 0.209 e. The molecule has 1 aliphatic rings. The summed E-state index contributed by atoms with van der Waals surface area (Å²) in [6.07, 6.45) is 3.33. The van der Waals surface area contributed by atoms with E-state index in [0.717, 1.165) is 44.3 Å². The van der Waals surface area contributed by atoms with E-state index >= 15 is 0 Å². The number of amides is 2. The standard InChI is InChI=1S/C8H10N2.C7H12N2O2.C2H6/c1-6(9)7-4-2-3-5-8(7)10;10-5-8-7-1-3-9(6-11)4-2-7;1-2/h2-5,9H,10H2,1H3;5-7H,1-4H2,(H,8,10);1-2H3. The Kier molecular flexibility index (Phi) is 10.9. The van der Waals surface area contributed by atoms with Gasteiger partial charge < -0.3 is 21.4 Å². The van der Waals surface area contributed by atoms with Gasteiger partial charge in [-0.25, -0.2) is 0 Å². The maximum absolute atomic E-state index is 10.3. The van der Waals surface area contributed by atoms with E-state index in [1.165, 1.54) is 0 Å². The van der Waals surface area contributed by atoms with Crippen LogP contribution in [0.15, 0.2) is 24.3 Å². The number of piperidine rings is 1. The maximum atomic E-state index is 10.3. The van der Waals surface area contributed by atoms with Crippen molar-refractivity contribution in [2.45, 2.75) is 39.7 Å². The van der Waals surface area contributed by atoms with Crippen molar-refractivity contribution in [3.8, 4) is 0 Å². The van der Waals surface area contributed by atoms with Crippen molar-refractivity contribution in [3.63, 3.8) is 0 Å². The van der Waals surface area contributed by atoms with Crippen molar-refractivity contribution < 1.29 is 9.59 Å². The molecule has 0 radical (unpaired) electrons. The summed E-state index contributed by atoms with van der Waals surface area (Å²) in [6, 6.07) is 7.65. The average molecular weight is 320 g/mol. The summed E-state index contributed by atoms with van der Waals surface area (Å²) in [4.78, 5) is 22.0. The lowest BCUT2D eigenvalue weighted by Gasteiger charge is -2.28. The first-order valence-corrected chi connectivity index (χ1v) is 7.87. The number of likely N-dealkylation sites (tertiary alicyclic amines) is 1. The summed E-state index contributed by atoms with van der Waals surface area (Å²) in [6.45, 7) is 7.25. The molecule has 0 atom stereocenters. The van der Waals surface area contributed by atoms with E-state index in [1.807, 2.05) is 32.0 Å². The molecule has 1 aromatic carbocycles. The molecule has 2 amide bonds. The highest BCUT2D eigenvalue weighted by atomic mass is 16.1. The fraction of sp³-hybridized carbons (Fsp3) is 0.471. The molecular formula is C17H28N4O2. The van der Waals surface area contributed by atoms with E-state index in [4.69, 9.17) is 11.1 Å². The number of nitrogen functional groups attached to an aromatic ring is 1. The Balaban J connectivity index is 0.000000381. The number of rotatable bonds is 4. The van der Waals surface area contributed by atoms with Crippen molar-refractivity contribution >= 4 is 24.2 Å². The number of hydrogen-bond donors (Lipinski definition) is 3. The highest BCUT2D eigenvalue weighted by Gasteiger charge is 2.16. The van der Waals surface area contributed by atoms with Crippen LogP contribution in [0.25, 0.3) is 0 Å². The highest BCUT2D eigenvalue weighted by molar-refractivity contribution is 6.00. The van der Waals surface area contributed by atoms with E-state index in [9.17, 15) is 9.59 Å². The Morgan fingerprint density at radius 2 is 1.83 bits per heavy atom. The average Bonchev–Trinajstić information content (AvgIpc) is 2.58. The Morgan fingerprint density at radius 1 is 1.26 bits per heavy atom. The normalized spacial score (nSPS) is 13.6. The van der Waals surface area contributed by atoms with Gasteiger partial charge in [0.1, 0.15) is 0 Å². The van der Waals surface area contributed by atoms with Crippen molar-refractivity contribution in [2.75, 3.05) is 18.8 Å². The SMILES string of the molecule is CC.CC(=N)c1ccccc1N.O=CNC1CCN(C=O)CC1. The Bertz CT molecular complexity index is 483. The largest absolute Gasteiger partial charge is 0.398 e. The minimum Gasteiger partial charge on any atom is -0.398 e. The van der Waals surface area contributed by atoms with E-state index in [0.29, 0.717) is 11.4 Å². The van der Waals surface area contributed by atoms with Crippen molar-refractivity contribution in [3.05, 3.63) is 29.8 Å². The second kappa shape index (κ2) is 12.2. The third kappa shape index (κ3) is 7.99. The molecule has 1 saturated heterocycles. The lowest BCUT2D eigenvalue weighted by atomic mass is 10.1. The summed E-state index contributed by atoms with van der Waals surface area (Å²) in [5.41, 5.74) is 7.59. The second-order valence-corrected chi connectivity index (χ2v) is 4.91. The van der Waals surface area contributed by atoms with Gasteiger partial charge in [0.25, 0.3) is 0 Å². The fourth-order valence-electron chi connectivity index (χ4n) is 2.11. The van der Waals surface area contributed by atoms with Crippen LogP contribution in [0.5, 0.6) is 0 Å². The molecule has 6 nitrogen and oxygen atoms in total. The van der Waals surface area contributed by atoms with Gasteiger partial charge in [-0.2, -0.15) is 0 Å². The van der Waals surface area contributed by atoms with Crippen LogP contribution in [0.4, 0.5) is 5.69 Å². The van der Waals surface area contributed by atoms with Crippen LogP contribution in [0.3, 0.4) is 0 Å². The van der Waals surface area contributed by atoms with Gasteiger partial charge in [0.15, 0.2) is 0 Å². The highest BCUT2D eigenvalue weighted by Crippen LogP contribution is 2.10. The van der Waals surface area contributed by atoms with Crippen LogP contribution in [0.1, 0.15) is 39.2 Å². The van der Waals surface area contributed by atoms with Crippen molar-refractivity contribution in [2.24, 2.45) is 0 Å². The molecule has 0 unspecified atom stereocenters. The number of para-hydroxylation sites is 1. The summed E-state index contributed by atoms with van der Waals surface area (Å²) < 4.78 is 0. The van der Waals surface area contributed by atoms with Crippen LogP contribution in [0.2, 0.25) is 0 Å². The van der Waals surface area contributed by atoms with Crippen molar-refractivity contribution in [1.29, 1.82) is 5.41 Å². The van der Waals surface area contributed by atoms with Gasteiger partial charge in [0.2, 0.25) is 12.8 Å². The number of nitrogens with one attached hydrogen (secondary N) is 2. The number of anilines is 1. The molecule has 1 aromatic rings. The van der Waals surface area contributed by atoms with Gasteiger partial charge in [0, 0.05) is 36.1 Å². The van der Waals surface area contributed by atoms with Crippen LogP contribution in [-0.2, 0) is 9.59 Å². The van der Waals surface area contributed by atoms with Gasteiger partial charge in [0.05, 0.1) is 0 Å². The number of carbonyl (C=O) groups excluding carboxylic acids is 2. The number of hydrogen-bond acceptors (Lipinski definition) is 4. The number of nitrogens with zero attached hydrogens (tertiary/aromatic N) is 1. The first-order chi connectivity index (χ1) is 11.1. The smallest absolute Gasteiger partial charge is 0.209 e. The third-order valence-electron chi connectivity index (χ3n) is 3.35.